The molecule has 0 radical (unpaired) electrons. The monoisotopic (exact) mass is 408 g/mol. The highest BCUT2D eigenvalue weighted by Crippen LogP contribution is 2.75. The van der Waals surface area contributed by atoms with Crippen LogP contribution in [0.1, 0.15) is 113 Å². The summed E-state index contributed by atoms with van der Waals surface area (Å²) in [6, 6.07) is 0. The van der Waals surface area contributed by atoms with Gasteiger partial charge < -0.3 is 0 Å². The molecule has 0 aromatic heterocycles. The van der Waals surface area contributed by atoms with Crippen LogP contribution in [0, 0.1) is 50.2 Å². The van der Waals surface area contributed by atoms with Crippen molar-refractivity contribution in [2.45, 2.75) is 113 Å². The molecule has 5 aliphatic carbocycles. The van der Waals surface area contributed by atoms with Crippen LogP contribution in [0.15, 0.2) is 23.8 Å². The Kier molecular flexibility index (Phi) is 4.32. The Hall–Kier alpha value is -0.520. The molecule has 0 nitrogen and oxygen atoms in total. The van der Waals surface area contributed by atoms with Crippen LogP contribution in [0.4, 0.5) is 0 Å². The van der Waals surface area contributed by atoms with Crippen molar-refractivity contribution in [1.82, 2.24) is 0 Å². The molecule has 0 aliphatic heterocycles. The summed E-state index contributed by atoms with van der Waals surface area (Å²) in [5.74, 6) is 2.50. The van der Waals surface area contributed by atoms with Crippen molar-refractivity contribution in [3.05, 3.63) is 23.8 Å². The molecule has 0 amide bonds. The summed E-state index contributed by atoms with van der Waals surface area (Å²) in [6.45, 7) is 20.9. The molecule has 0 saturated heterocycles. The Bertz CT molecular complexity index is 795. The number of hydrogen-bond acceptors (Lipinski definition) is 0. The average molecular weight is 409 g/mol. The van der Waals surface area contributed by atoms with E-state index in [-0.39, 0.29) is 0 Å². The van der Waals surface area contributed by atoms with Gasteiger partial charge in [0, 0.05) is 0 Å². The Morgan fingerprint density at radius 2 is 1.50 bits per heavy atom. The maximum atomic E-state index is 2.83. The summed E-state index contributed by atoms with van der Waals surface area (Å²) < 4.78 is 0. The summed E-state index contributed by atoms with van der Waals surface area (Å²) in [5.41, 5.74) is 4.68. The molecule has 0 N–H and O–H groups in total. The molecule has 30 heavy (non-hydrogen) atoms. The van der Waals surface area contributed by atoms with Gasteiger partial charge in [-0.1, -0.05) is 79.2 Å². The topological polar surface area (TPSA) is 0 Å². The van der Waals surface area contributed by atoms with Gasteiger partial charge in [-0.2, -0.15) is 0 Å². The molecule has 5 aliphatic rings. The minimum atomic E-state index is 0.359. The second-order valence-corrected chi connectivity index (χ2v) is 14.8. The van der Waals surface area contributed by atoms with Gasteiger partial charge >= 0.3 is 0 Å². The van der Waals surface area contributed by atoms with Crippen LogP contribution in [0.25, 0.3) is 0 Å². The highest BCUT2D eigenvalue weighted by Gasteiger charge is 2.66. The molecule has 0 bridgehead atoms. The Balaban J connectivity index is 1.59. The van der Waals surface area contributed by atoms with Gasteiger partial charge in [-0.3, -0.25) is 0 Å². The largest absolute Gasteiger partial charge is 0.0874 e. The van der Waals surface area contributed by atoms with Crippen LogP contribution in [0.2, 0.25) is 0 Å². The second-order valence-electron chi connectivity index (χ2n) is 14.8. The highest BCUT2D eigenvalue weighted by atomic mass is 14.7. The maximum absolute atomic E-state index is 2.83. The third-order valence-corrected chi connectivity index (χ3v) is 12.3. The van der Waals surface area contributed by atoms with Crippen molar-refractivity contribution in [3.8, 4) is 0 Å². The lowest BCUT2D eigenvalue weighted by molar-refractivity contribution is -0.160. The predicted octanol–water partition coefficient (Wildman–Crippen LogP) is 8.97. The molecule has 3 fully saturated rings. The third-order valence-electron chi connectivity index (χ3n) is 12.3. The lowest BCUT2D eigenvalue weighted by Gasteiger charge is -2.70. The second kappa shape index (κ2) is 6.08. The Labute approximate surface area is 187 Å². The molecule has 5 rings (SSSR count). The molecule has 168 valence electrons. The van der Waals surface area contributed by atoms with Gasteiger partial charge in [-0.05, 0) is 108 Å². The molecule has 0 spiro atoms. The van der Waals surface area contributed by atoms with Crippen LogP contribution < -0.4 is 0 Å². The number of fused-ring (bicyclic) bond motifs is 7. The zero-order valence-electron chi connectivity index (χ0n) is 21.3. The molecule has 0 heterocycles. The van der Waals surface area contributed by atoms with Crippen molar-refractivity contribution in [2.24, 2.45) is 50.2 Å². The van der Waals surface area contributed by atoms with Gasteiger partial charge in [0.25, 0.3) is 0 Å². The first-order valence-corrected chi connectivity index (χ1v) is 13.2. The molecule has 0 heteroatoms. The summed E-state index contributed by atoms with van der Waals surface area (Å²) >= 11 is 0. The van der Waals surface area contributed by atoms with Crippen LogP contribution in [0.3, 0.4) is 0 Å². The minimum Gasteiger partial charge on any atom is -0.0874 e. The molecule has 0 aromatic rings. The van der Waals surface area contributed by atoms with Gasteiger partial charge in [0.05, 0.1) is 0 Å². The number of rotatable bonds is 0. The van der Waals surface area contributed by atoms with Crippen molar-refractivity contribution >= 4 is 0 Å². The zero-order chi connectivity index (χ0) is 21.8. The van der Waals surface area contributed by atoms with Crippen molar-refractivity contribution in [3.63, 3.8) is 0 Å². The predicted molar refractivity (Wildman–Crippen MR) is 129 cm³/mol. The molecule has 7 atom stereocenters. The van der Waals surface area contributed by atoms with Crippen molar-refractivity contribution in [2.75, 3.05) is 0 Å². The van der Waals surface area contributed by atoms with E-state index in [2.05, 4.69) is 73.6 Å². The summed E-state index contributed by atoms with van der Waals surface area (Å²) in [4.78, 5) is 0. The summed E-state index contributed by atoms with van der Waals surface area (Å²) in [6.07, 6.45) is 20.6. The van der Waals surface area contributed by atoms with Crippen LogP contribution in [-0.4, -0.2) is 0 Å². The van der Waals surface area contributed by atoms with Crippen LogP contribution >= 0.6 is 0 Å². The Morgan fingerprint density at radius 1 is 0.800 bits per heavy atom. The lowest BCUT2D eigenvalue weighted by atomic mass is 9.34. The van der Waals surface area contributed by atoms with E-state index < -0.39 is 0 Å². The van der Waals surface area contributed by atoms with E-state index in [0.29, 0.717) is 32.5 Å². The zero-order valence-corrected chi connectivity index (χ0v) is 21.3. The van der Waals surface area contributed by atoms with E-state index in [9.17, 15) is 0 Å². The first-order valence-electron chi connectivity index (χ1n) is 13.2. The van der Waals surface area contributed by atoms with E-state index in [1.807, 2.05) is 5.57 Å². The minimum absolute atomic E-state index is 0.359. The highest BCUT2D eigenvalue weighted by molar-refractivity contribution is 5.34. The fraction of sp³-hybridized carbons (Fsp3) is 0.867. The van der Waals surface area contributed by atoms with E-state index in [0.717, 1.165) is 17.8 Å². The molecular weight excluding hydrogens is 360 g/mol. The van der Waals surface area contributed by atoms with E-state index >= 15 is 0 Å². The van der Waals surface area contributed by atoms with E-state index in [1.54, 1.807) is 0 Å². The van der Waals surface area contributed by atoms with Crippen LogP contribution in [-0.2, 0) is 0 Å². The van der Waals surface area contributed by atoms with E-state index in [4.69, 9.17) is 0 Å². The number of hydrogen-bond donors (Lipinski definition) is 0. The molecule has 3 saturated carbocycles. The molecule has 0 unspecified atom stereocenters. The Morgan fingerprint density at radius 3 is 2.23 bits per heavy atom. The third kappa shape index (κ3) is 2.58. The fourth-order valence-corrected chi connectivity index (χ4v) is 10.1. The lowest BCUT2D eigenvalue weighted by Crippen LogP contribution is -2.62. The van der Waals surface area contributed by atoms with Crippen molar-refractivity contribution < 1.29 is 0 Å². The van der Waals surface area contributed by atoms with Crippen LogP contribution in [0.5, 0.6) is 0 Å². The van der Waals surface area contributed by atoms with Gasteiger partial charge in [-0.25, -0.2) is 0 Å². The SMILES string of the molecule is CC1(C)CC[C@]2(C)CC[C@]3(C)C(=CC[C@@H]4[C@]5(C)CC=CC(C)(C)[C@@H]5CC[C@@]43C)[C@@H]2C1. The first-order chi connectivity index (χ1) is 13.8. The molecular formula is C30H48. The van der Waals surface area contributed by atoms with Gasteiger partial charge in [-0.15, -0.1) is 0 Å². The van der Waals surface area contributed by atoms with E-state index in [1.165, 1.54) is 57.8 Å². The van der Waals surface area contributed by atoms with Gasteiger partial charge in [0.1, 0.15) is 0 Å². The fourth-order valence-electron chi connectivity index (χ4n) is 10.1. The average Bonchev–Trinajstić information content (AvgIpc) is 2.63. The smallest absolute Gasteiger partial charge is 0.00565 e. The normalized spacial score (nSPS) is 53.6. The number of allylic oxidation sites excluding steroid dienone is 4. The standard InChI is InChI=1S/C30H48/c1-25(2)16-17-27(5)18-19-29(7)21(22(27)20-25)10-11-24-28(6)14-9-13-26(3,4)23(28)12-15-30(24,29)8/h9-10,13,22-24H,11-12,14-20H2,1-8H3/t22-,23-,24+,27+,28+,29+,30-/m0/s1. The summed E-state index contributed by atoms with van der Waals surface area (Å²) in [7, 11) is 0. The maximum Gasteiger partial charge on any atom is -0.00565 e. The summed E-state index contributed by atoms with van der Waals surface area (Å²) in [5, 5.41) is 0. The van der Waals surface area contributed by atoms with Gasteiger partial charge in [0.2, 0.25) is 0 Å². The molecule has 0 aromatic carbocycles. The van der Waals surface area contributed by atoms with Gasteiger partial charge in [0.15, 0.2) is 0 Å². The van der Waals surface area contributed by atoms with Crippen molar-refractivity contribution in [1.29, 1.82) is 0 Å². The first kappa shape index (κ1) is 21.3. The quantitative estimate of drug-likeness (QED) is 0.351.